The molecule has 2 aromatic rings. The summed E-state index contributed by atoms with van der Waals surface area (Å²) in [7, 11) is 5.22. The zero-order chi connectivity index (χ0) is 16.8. The Balaban J connectivity index is 2.01. The van der Waals surface area contributed by atoms with Gasteiger partial charge in [0.05, 0.1) is 19.1 Å². The summed E-state index contributed by atoms with van der Waals surface area (Å²) < 4.78 is 10.5. The number of nitro groups is 1. The highest BCUT2D eigenvalue weighted by Gasteiger charge is 2.08. The molecule has 0 radical (unpaired) electrons. The SMILES string of the molecule is COc1ccc(CN(C)Cc2ccc([N+](=O)[O-])cc2)cc1OC. The van der Waals surface area contributed by atoms with Crippen LogP contribution in [0, 0.1) is 10.1 Å². The van der Waals surface area contributed by atoms with Crippen LogP contribution < -0.4 is 9.47 Å². The largest absolute Gasteiger partial charge is 0.493 e. The first-order valence-corrected chi connectivity index (χ1v) is 7.16. The van der Waals surface area contributed by atoms with Crippen molar-refractivity contribution in [1.29, 1.82) is 0 Å². The van der Waals surface area contributed by atoms with Crippen LogP contribution in [0.25, 0.3) is 0 Å². The van der Waals surface area contributed by atoms with Crippen LogP contribution in [0.2, 0.25) is 0 Å². The zero-order valence-corrected chi connectivity index (χ0v) is 13.5. The lowest BCUT2D eigenvalue weighted by Gasteiger charge is -2.18. The van der Waals surface area contributed by atoms with Crippen molar-refractivity contribution in [2.45, 2.75) is 13.1 Å². The number of methoxy groups -OCH3 is 2. The summed E-state index contributed by atoms with van der Waals surface area (Å²) >= 11 is 0. The van der Waals surface area contributed by atoms with Gasteiger partial charge in [0.15, 0.2) is 11.5 Å². The van der Waals surface area contributed by atoms with Crippen molar-refractivity contribution in [2.75, 3.05) is 21.3 Å². The molecule has 2 rings (SSSR count). The molecule has 0 N–H and O–H groups in total. The quantitative estimate of drug-likeness (QED) is 0.579. The maximum atomic E-state index is 10.7. The second-order valence-corrected chi connectivity index (χ2v) is 5.29. The fourth-order valence-electron chi connectivity index (χ4n) is 2.38. The molecule has 0 saturated carbocycles. The van der Waals surface area contributed by atoms with Gasteiger partial charge in [-0.05, 0) is 30.3 Å². The van der Waals surface area contributed by atoms with Gasteiger partial charge >= 0.3 is 0 Å². The summed E-state index contributed by atoms with van der Waals surface area (Å²) in [4.78, 5) is 12.4. The molecular weight excluding hydrogens is 296 g/mol. The Morgan fingerprint density at radius 1 is 0.957 bits per heavy atom. The topological polar surface area (TPSA) is 64.8 Å². The van der Waals surface area contributed by atoms with Crippen LogP contribution in [0.5, 0.6) is 11.5 Å². The van der Waals surface area contributed by atoms with E-state index in [9.17, 15) is 10.1 Å². The van der Waals surface area contributed by atoms with Crippen molar-refractivity contribution in [1.82, 2.24) is 4.90 Å². The van der Waals surface area contributed by atoms with Gasteiger partial charge in [0.1, 0.15) is 0 Å². The van der Waals surface area contributed by atoms with E-state index < -0.39 is 4.92 Å². The summed E-state index contributed by atoms with van der Waals surface area (Å²) in [5, 5.41) is 10.7. The van der Waals surface area contributed by atoms with Crippen LogP contribution >= 0.6 is 0 Å². The number of nitrogens with zero attached hydrogens (tertiary/aromatic N) is 2. The molecule has 0 unspecified atom stereocenters. The third-order valence-electron chi connectivity index (χ3n) is 3.50. The normalized spacial score (nSPS) is 10.6. The van der Waals surface area contributed by atoms with E-state index in [-0.39, 0.29) is 5.69 Å². The van der Waals surface area contributed by atoms with Crippen molar-refractivity contribution in [3.8, 4) is 11.5 Å². The minimum atomic E-state index is -0.392. The van der Waals surface area contributed by atoms with Crippen LogP contribution in [-0.2, 0) is 13.1 Å². The molecule has 0 amide bonds. The third-order valence-corrected chi connectivity index (χ3v) is 3.50. The van der Waals surface area contributed by atoms with Crippen LogP contribution in [0.1, 0.15) is 11.1 Å². The Morgan fingerprint density at radius 2 is 1.52 bits per heavy atom. The molecule has 6 heteroatoms. The second kappa shape index (κ2) is 7.60. The number of non-ortho nitro benzene ring substituents is 1. The van der Waals surface area contributed by atoms with Gasteiger partial charge in [-0.15, -0.1) is 0 Å². The van der Waals surface area contributed by atoms with Crippen molar-refractivity contribution in [3.05, 3.63) is 63.7 Å². The minimum absolute atomic E-state index is 0.108. The molecule has 0 bridgehead atoms. The Kier molecular flexibility index (Phi) is 5.54. The van der Waals surface area contributed by atoms with E-state index in [1.807, 2.05) is 25.2 Å². The van der Waals surface area contributed by atoms with Crippen molar-refractivity contribution >= 4 is 5.69 Å². The highest BCUT2D eigenvalue weighted by atomic mass is 16.6. The molecule has 0 atom stereocenters. The number of benzene rings is 2. The fraction of sp³-hybridized carbons (Fsp3) is 0.294. The first kappa shape index (κ1) is 16.8. The average molecular weight is 316 g/mol. The highest BCUT2D eigenvalue weighted by Crippen LogP contribution is 2.28. The molecule has 0 aliphatic carbocycles. The minimum Gasteiger partial charge on any atom is -0.493 e. The van der Waals surface area contributed by atoms with Gasteiger partial charge in [0, 0.05) is 25.2 Å². The lowest BCUT2D eigenvalue weighted by atomic mass is 10.1. The smallest absolute Gasteiger partial charge is 0.269 e. The summed E-state index contributed by atoms with van der Waals surface area (Å²) in [6, 6.07) is 12.4. The van der Waals surface area contributed by atoms with E-state index in [0.717, 1.165) is 17.7 Å². The van der Waals surface area contributed by atoms with E-state index in [2.05, 4.69) is 4.90 Å². The van der Waals surface area contributed by atoms with Gasteiger partial charge in [-0.25, -0.2) is 0 Å². The molecule has 0 saturated heterocycles. The lowest BCUT2D eigenvalue weighted by molar-refractivity contribution is -0.384. The summed E-state index contributed by atoms with van der Waals surface area (Å²) in [5.74, 6) is 1.41. The molecule has 0 heterocycles. The molecule has 6 nitrogen and oxygen atoms in total. The van der Waals surface area contributed by atoms with Crippen molar-refractivity contribution < 1.29 is 14.4 Å². The summed E-state index contributed by atoms with van der Waals surface area (Å²) in [6.07, 6.45) is 0. The van der Waals surface area contributed by atoms with E-state index in [4.69, 9.17) is 9.47 Å². The molecule has 0 aromatic heterocycles. The number of hydrogen-bond acceptors (Lipinski definition) is 5. The van der Waals surface area contributed by atoms with E-state index in [1.54, 1.807) is 26.4 Å². The van der Waals surface area contributed by atoms with Gasteiger partial charge in [-0.3, -0.25) is 15.0 Å². The average Bonchev–Trinajstić information content (AvgIpc) is 2.55. The van der Waals surface area contributed by atoms with E-state index in [0.29, 0.717) is 18.0 Å². The summed E-state index contributed by atoms with van der Waals surface area (Å²) in [5.41, 5.74) is 2.24. The fourth-order valence-corrected chi connectivity index (χ4v) is 2.38. The van der Waals surface area contributed by atoms with Crippen LogP contribution in [0.4, 0.5) is 5.69 Å². The first-order chi connectivity index (χ1) is 11.0. The van der Waals surface area contributed by atoms with E-state index >= 15 is 0 Å². The molecule has 2 aromatic carbocycles. The Bertz CT molecular complexity index is 671. The molecule has 0 fully saturated rings. The molecule has 0 aliphatic heterocycles. The van der Waals surface area contributed by atoms with Gasteiger partial charge in [0.25, 0.3) is 5.69 Å². The van der Waals surface area contributed by atoms with Gasteiger partial charge in [-0.1, -0.05) is 18.2 Å². The molecule has 122 valence electrons. The monoisotopic (exact) mass is 316 g/mol. The third kappa shape index (κ3) is 4.43. The number of hydrogen-bond donors (Lipinski definition) is 0. The molecule has 0 spiro atoms. The van der Waals surface area contributed by atoms with Gasteiger partial charge in [0.2, 0.25) is 0 Å². The predicted molar refractivity (Wildman–Crippen MR) is 87.8 cm³/mol. The predicted octanol–water partition coefficient (Wildman–Crippen LogP) is 3.24. The van der Waals surface area contributed by atoms with Crippen molar-refractivity contribution in [2.24, 2.45) is 0 Å². The zero-order valence-electron chi connectivity index (χ0n) is 13.5. The maximum Gasteiger partial charge on any atom is 0.269 e. The maximum absolute atomic E-state index is 10.7. The number of nitro benzene ring substituents is 1. The highest BCUT2D eigenvalue weighted by molar-refractivity contribution is 5.42. The standard InChI is InChI=1S/C17H20N2O4/c1-18(11-13-4-7-15(8-5-13)19(20)21)12-14-6-9-16(22-2)17(10-14)23-3/h4-10H,11-12H2,1-3H3. The van der Waals surface area contributed by atoms with Crippen LogP contribution in [-0.4, -0.2) is 31.1 Å². The Labute approximate surface area is 135 Å². The molecule has 23 heavy (non-hydrogen) atoms. The van der Waals surface area contributed by atoms with Crippen molar-refractivity contribution in [3.63, 3.8) is 0 Å². The van der Waals surface area contributed by atoms with Crippen LogP contribution in [0.15, 0.2) is 42.5 Å². The molecular formula is C17H20N2O4. The van der Waals surface area contributed by atoms with Crippen LogP contribution in [0.3, 0.4) is 0 Å². The van der Waals surface area contributed by atoms with Gasteiger partial charge < -0.3 is 9.47 Å². The Morgan fingerprint density at radius 3 is 2.09 bits per heavy atom. The first-order valence-electron chi connectivity index (χ1n) is 7.16. The lowest BCUT2D eigenvalue weighted by Crippen LogP contribution is -2.17. The number of rotatable bonds is 7. The molecule has 0 aliphatic rings. The second-order valence-electron chi connectivity index (χ2n) is 5.29. The summed E-state index contributed by atoms with van der Waals surface area (Å²) in [6.45, 7) is 1.43. The number of ether oxygens (including phenoxy) is 2. The van der Waals surface area contributed by atoms with Gasteiger partial charge in [-0.2, -0.15) is 0 Å². The van der Waals surface area contributed by atoms with E-state index in [1.165, 1.54) is 12.1 Å². The Hall–Kier alpha value is -2.60.